The lowest BCUT2D eigenvalue weighted by Crippen LogP contribution is -2.36. The zero-order valence-electron chi connectivity index (χ0n) is 9.47. The van der Waals surface area contributed by atoms with Crippen LogP contribution < -0.4 is 5.32 Å². The molecule has 2 N–H and O–H groups in total. The van der Waals surface area contributed by atoms with Gasteiger partial charge in [0.15, 0.2) is 0 Å². The first-order valence-corrected chi connectivity index (χ1v) is 5.17. The Morgan fingerprint density at radius 3 is 2.73 bits per heavy atom. The van der Waals surface area contributed by atoms with Crippen molar-refractivity contribution < 1.29 is 9.50 Å². The van der Waals surface area contributed by atoms with E-state index in [1.807, 2.05) is 13.8 Å². The molecule has 1 unspecified atom stereocenters. The quantitative estimate of drug-likeness (QED) is 0.798. The fourth-order valence-electron chi connectivity index (χ4n) is 1.52. The summed E-state index contributed by atoms with van der Waals surface area (Å²) in [5, 5.41) is 13.1. The minimum atomic E-state index is -1.16. The summed E-state index contributed by atoms with van der Waals surface area (Å²) in [5.74, 6) is -0.358. The van der Waals surface area contributed by atoms with Crippen LogP contribution in [0.25, 0.3) is 0 Å². The molecule has 1 atom stereocenters. The van der Waals surface area contributed by atoms with Gasteiger partial charge >= 0.3 is 0 Å². The van der Waals surface area contributed by atoms with Crippen LogP contribution in [0.3, 0.4) is 0 Å². The minimum absolute atomic E-state index is 0.350. The van der Waals surface area contributed by atoms with Crippen LogP contribution in [0.1, 0.15) is 25.0 Å². The molecular formula is C12H18FNO. The van der Waals surface area contributed by atoms with Crippen molar-refractivity contribution in [2.24, 2.45) is 0 Å². The van der Waals surface area contributed by atoms with Crippen molar-refractivity contribution >= 4 is 0 Å². The third-order valence-corrected chi connectivity index (χ3v) is 2.42. The molecule has 0 amide bonds. The monoisotopic (exact) mass is 211 g/mol. The van der Waals surface area contributed by atoms with Crippen LogP contribution in [0, 0.1) is 12.7 Å². The zero-order valence-corrected chi connectivity index (χ0v) is 9.47. The topological polar surface area (TPSA) is 32.3 Å². The van der Waals surface area contributed by atoms with Gasteiger partial charge in [0.05, 0.1) is 0 Å². The number of aryl methyl sites for hydroxylation is 1. The standard InChI is InChI=1S/C12H18FNO/c1-4-14-8-12(3,15)10-7-9(2)5-6-11(10)13/h5-7,14-15H,4,8H2,1-3H3. The Hall–Kier alpha value is -0.930. The number of rotatable bonds is 4. The first kappa shape index (κ1) is 12.1. The summed E-state index contributed by atoms with van der Waals surface area (Å²) in [6.07, 6.45) is 0. The molecule has 2 nitrogen and oxygen atoms in total. The number of benzene rings is 1. The SMILES string of the molecule is CCNCC(C)(O)c1cc(C)ccc1F. The van der Waals surface area contributed by atoms with Crippen LogP contribution in [0.5, 0.6) is 0 Å². The van der Waals surface area contributed by atoms with Crippen molar-refractivity contribution in [2.75, 3.05) is 13.1 Å². The van der Waals surface area contributed by atoms with Crippen LogP contribution in [-0.2, 0) is 5.60 Å². The fraction of sp³-hybridized carbons (Fsp3) is 0.500. The van der Waals surface area contributed by atoms with E-state index in [-0.39, 0.29) is 5.82 Å². The van der Waals surface area contributed by atoms with Crippen molar-refractivity contribution in [3.63, 3.8) is 0 Å². The summed E-state index contributed by atoms with van der Waals surface area (Å²) in [6, 6.07) is 4.78. The molecule has 0 aromatic heterocycles. The molecule has 0 aliphatic rings. The Labute approximate surface area is 90.1 Å². The summed E-state index contributed by atoms with van der Waals surface area (Å²) in [4.78, 5) is 0. The molecule has 0 radical (unpaired) electrons. The van der Waals surface area contributed by atoms with Crippen LogP contribution in [0.15, 0.2) is 18.2 Å². The lowest BCUT2D eigenvalue weighted by atomic mass is 9.94. The smallest absolute Gasteiger partial charge is 0.129 e. The van der Waals surface area contributed by atoms with Gasteiger partial charge in [-0.3, -0.25) is 0 Å². The highest BCUT2D eigenvalue weighted by Gasteiger charge is 2.25. The summed E-state index contributed by atoms with van der Waals surface area (Å²) >= 11 is 0. The number of halogens is 1. The molecule has 15 heavy (non-hydrogen) atoms. The Bertz CT molecular complexity index is 336. The van der Waals surface area contributed by atoms with E-state index in [1.165, 1.54) is 6.07 Å². The fourth-order valence-corrected chi connectivity index (χ4v) is 1.52. The average Bonchev–Trinajstić information content (AvgIpc) is 2.18. The third-order valence-electron chi connectivity index (χ3n) is 2.42. The molecule has 0 saturated heterocycles. The summed E-state index contributed by atoms with van der Waals surface area (Å²) in [7, 11) is 0. The van der Waals surface area contributed by atoms with Crippen LogP contribution >= 0.6 is 0 Å². The molecule has 0 saturated carbocycles. The third kappa shape index (κ3) is 3.01. The van der Waals surface area contributed by atoms with Crippen LogP contribution in [-0.4, -0.2) is 18.2 Å². The maximum Gasteiger partial charge on any atom is 0.129 e. The predicted molar refractivity (Wildman–Crippen MR) is 59.3 cm³/mol. The lowest BCUT2D eigenvalue weighted by Gasteiger charge is -2.25. The highest BCUT2D eigenvalue weighted by Crippen LogP contribution is 2.23. The first-order valence-electron chi connectivity index (χ1n) is 5.17. The van der Waals surface area contributed by atoms with E-state index in [1.54, 1.807) is 19.1 Å². The van der Waals surface area contributed by atoms with Gasteiger partial charge in [-0.2, -0.15) is 0 Å². The van der Waals surface area contributed by atoms with E-state index >= 15 is 0 Å². The van der Waals surface area contributed by atoms with Gasteiger partial charge in [-0.1, -0.05) is 24.6 Å². The molecule has 84 valence electrons. The molecule has 0 aliphatic heterocycles. The minimum Gasteiger partial charge on any atom is -0.384 e. The maximum absolute atomic E-state index is 13.5. The number of likely N-dealkylation sites (N-methyl/N-ethyl adjacent to an activating group) is 1. The van der Waals surface area contributed by atoms with Gasteiger partial charge in [0, 0.05) is 12.1 Å². The van der Waals surface area contributed by atoms with E-state index < -0.39 is 5.60 Å². The Balaban J connectivity index is 2.97. The average molecular weight is 211 g/mol. The van der Waals surface area contributed by atoms with Gasteiger partial charge in [-0.15, -0.1) is 0 Å². The van der Waals surface area contributed by atoms with Crippen molar-refractivity contribution in [1.82, 2.24) is 5.32 Å². The Morgan fingerprint density at radius 1 is 1.47 bits per heavy atom. The van der Waals surface area contributed by atoms with Gasteiger partial charge in [-0.05, 0) is 26.5 Å². The molecule has 0 bridgehead atoms. The van der Waals surface area contributed by atoms with E-state index in [4.69, 9.17) is 0 Å². The first-order chi connectivity index (χ1) is 6.97. The zero-order chi connectivity index (χ0) is 11.5. The normalized spacial score (nSPS) is 15.0. The van der Waals surface area contributed by atoms with Gasteiger partial charge in [0.2, 0.25) is 0 Å². The Morgan fingerprint density at radius 2 is 2.13 bits per heavy atom. The van der Waals surface area contributed by atoms with Gasteiger partial charge in [-0.25, -0.2) is 4.39 Å². The molecule has 3 heteroatoms. The maximum atomic E-state index is 13.5. The van der Waals surface area contributed by atoms with Gasteiger partial charge in [0.25, 0.3) is 0 Å². The second-order valence-corrected chi connectivity index (χ2v) is 4.04. The molecule has 0 aliphatic carbocycles. The molecule has 0 fully saturated rings. The van der Waals surface area contributed by atoms with Crippen molar-refractivity contribution in [1.29, 1.82) is 0 Å². The molecule has 1 aromatic rings. The van der Waals surface area contributed by atoms with E-state index in [0.29, 0.717) is 12.1 Å². The lowest BCUT2D eigenvalue weighted by molar-refractivity contribution is 0.0538. The highest BCUT2D eigenvalue weighted by molar-refractivity contribution is 5.29. The predicted octanol–water partition coefficient (Wildman–Crippen LogP) is 1.95. The van der Waals surface area contributed by atoms with Gasteiger partial charge < -0.3 is 10.4 Å². The molecule has 0 spiro atoms. The summed E-state index contributed by atoms with van der Waals surface area (Å²) in [6.45, 7) is 6.55. The van der Waals surface area contributed by atoms with Crippen LogP contribution in [0.2, 0.25) is 0 Å². The molecule has 1 rings (SSSR count). The van der Waals surface area contributed by atoms with Crippen molar-refractivity contribution in [2.45, 2.75) is 26.4 Å². The number of aliphatic hydroxyl groups is 1. The molecule has 1 aromatic carbocycles. The summed E-state index contributed by atoms with van der Waals surface area (Å²) in [5.41, 5.74) is 0.137. The second kappa shape index (κ2) is 4.73. The molecule has 0 heterocycles. The van der Waals surface area contributed by atoms with Crippen LogP contribution in [0.4, 0.5) is 4.39 Å². The van der Waals surface area contributed by atoms with Crippen molar-refractivity contribution in [3.8, 4) is 0 Å². The highest BCUT2D eigenvalue weighted by atomic mass is 19.1. The summed E-state index contributed by atoms with van der Waals surface area (Å²) < 4.78 is 13.5. The van der Waals surface area contributed by atoms with E-state index in [2.05, 4.69) is 5.32 Å². The van der Waals surface area contributed by atoms with Gasteiger partial charge in [0.1, 0.15) is 11.4 Å². The Kier molecular flexibility index (Phi) is 3.83. The second-order valence-electron chi connectivity index (χ2n) is 4.04. The molecular weight excluding hydrogens is 193 g/mol. The number of hydrogen-bond acceptors (Lipinski definition) is 2. The van der Waals surface area contributed by atoms with Crippen molar-refractivity contribution in [3.05, 3.63) is 35.1 Å². The van der Waals surface area contributed by atoms with E-state index in [9.17, 15) is 9.50 Å². The number of nitrogens with one attached hydrogen (secondary N) is 1. The number of hydrogen-bond donors (Lipinski definition) is 2. The largest absolute Gasteiger partial charge is 0.384 e. The van der Waals surface area contributed by atoms with E-state index in [0.717, 1.165) is 12.1 Å².